The Kier molecular flexibility index (Phi) is 14.2. The molecule has 0 unspecified atom stereocenters. The van der Waals surface area contributed by atoms with E-state index in [0.717, 1.165) is 23.3 Å². The number of hydrogen-bond acceptors (Lipinski definition) is 8. The number of nitrogens with one attached hydrogen (secondary N) is 1. The predicted molar refractivity (Wildman–Crippen MR) is 186 cm³/mol. The maximum atomic E-state index is 13.6. The van der Waals surface area contributed by atoms with Crippen LogP contribution in [-0.2, 0) is 11.4 Å². The number of aromatic nitrogens is 3. The van der Waals surface area contributed by atoms with Crippen molar-refractivity contribution < 1.29 is 23.7 Å². The van der Waals surface area contributed by atoms with Crippen LogP contribution in [0.4, 0.5) is 5.69 Å². The second-order valence-corrected chi connectivity index (χ2v) is 11.1. The Morgan fingerprint density at radius 1 is 0.915 bits per heavy atom. The van der Waals surface area contributed by atoms with Crippen molar-refractivity contribution in [1.29, 1.82) is 0 Å². The second-order valence-electron chi connectivity index (χ2n) is 11.1. The highest BCUT2D eigenvalue weighted by atomic mass is 35.5. The number of methoxy groups -OCH3 is 2. The van der Waals surface area contributed by atoms with Crippen molar-refractivity contribution in [3.8, 4) is 34.1 Å². The maximum Gasteiger partial charge on any atom is 0.249 e. The van der Waals surface area contributed by atoms with Crippen molar-refractivity contribution in [1.82, 2.24) is 15.0 Å². The highest BCUT2D eigenvalue weighted by Crippen LogP contribution is 2.37. The van der Waals surface area contributed by atoms with Gasteiger partial charge >= 0.3 is 0 Å². The number of aliphatic imine (C=N–C) groups is 1. The molecule has 0 spiro atoms. The SMILES string of the molecule is COc1cc(NC(=O)[C@@H](CCCN=C(N)N)n2cc(COc3ccccc3-c3ccccc3OCCC(C)C)nn2)cc(OC)c1.Cl. The Labute approximate surface area is 281 Å². The first kappa shape index (κ1) is 36.5. The number of ether oxygens (including phenoxy) is 4. The molecule has 3 aromatic carbocycles. The molecule has 0 aliphatic heterocycles. The summed E-state index contributed by atoms with van der Waals surface area (Å²) in [4.78, 5) is 17.6. The lowest BCUT2D eigenvalue weighted by Gasteiger charge is -2.17. The summed E-state index contributed by atoms with van der Waals surface area (Å²) in [5.74, 6) is 2.81. The monoisotopic (exact) mass is 665 g/mol. The van der Waals surface area contributed by atoms with Crippen molar-refractivity contribution in [3.05, 3.63) is 78.6 Å². The van der Waals surface area contributed by atoms with E-state index in [-0.39, 0.29) is 30.9 Å². The van der Waals surface area contributed by atoms with Gasteiger partial charge in [0.1, 0.15) is 41.3 Å². The lowest BCUT2D eigenvalue weighted by Crippen LogP contribution is -2.27. The number of guanidine groups is 1. The average Bonchev–Trinajstić information content (AvgIpc) is 3.52. The van der Waals surface area contributed by atoms with Gasteiger partial charge in [0.25, 0.3) is 0 Å². The highest BCUT2D eigenvalue weighted by molar-refractivity contribution is 5.94. The Hall–Kier alpha value is -4.97. The summed E-state index contributed by atoms with van der Waals surface area (Å²) in [5, 5.41) is 11.5. The van der Waals surface area contributed by atoms with Gasteiger partial charge in [0.15, 0.2) is 5.96 Å². The zero-order valence-electron chi connectivity index (χ0n) is 27.2. The van der Waals surface area contributed by atoms with Gasteiger partial charge in [-0.25, -0.2) is 4.68 Å². The molecule has 4 rings (SSSR count). The van der Waals surface area contributed by atoms with Crippen LogP contribution in [0.1, 0.15) is 44.8 Å². The van der Waals surface area contributed by atoms with Gasteiger partial charge in [-0.15, -0.1) is 17.5 Å². The zero-order valence-corrected chi connectivity index (χ0v) is 28.0. The largest absolute Gasteiger partial charge is 0.497 e. The molecule has 47 heavy (non-hydrogen) atoms. The van der Waals surface area contributed by atoms with Crippen LogP contribution in [0.3, 0.4) is 0 Å². The number of amides is 1. The number of anilines is 1. The summed E-state index contributed by atoms with van der Waals surface area (Å²) < 4.78 is 24.6. The van der Waals surface area contributed by atoms with Crippen molar-refractivity contribution >= 4 is 30.0 Å². The molecule has 4 aromatic rings. The number of halogens is 1. The Bertz CT molecular complexity index is 1580. The van der Waals surface area contributed by atoms with Gasteiger partial charge in [-0.2, -0.15) is 0 Å². The fourth-order valence-electron chi connectivity index (χ4n) is 4.70. The summed E-state index contributed by atoms with van der Waals surface area (Å²) in [7, 11) is 3.09. The van der Waals surface area contributed by atoms with Crippen LogP contribution in [0, 0.1) is 5.92 Å². The van der Waals surface area contributed by atoms with Crippen LogP contribution in [0.25, 0.3) is 11.1 Å². The summed E-state index contributed by atoms with van der Waals surface area (Å²) in [6.45, 7) is 5.49. The molecule has 0 radical (unpaired) electrons. The first-order chi connectivity index (χ1) is 22.3. The van der Waals surface area contributed by atoms with Crippen LogP contribution in [0.15, 0.2) is 77.9 Å². The van der Waals surface area contributed by atoms with Gasteiger partial charge in [-0.05, 0) is 37.3 Å². The Morgan fingerprint density at radius 2 is 1.53 bits per heavy atom. The molecule has 1 aromatic heterocycles. The van der Waals surface area contributed by atoms with Crippen LogP contribution in [0.5, 0.6) is 23.0 Å². The van der Waals surface area contributed by atoms with E-state index >= 15 is 0 Å². The third-order valence-electron chi connectivity index (χ3n) is 7.12. The van der Waals surface area contributed by atoms with Crippen LogP contribution < -0.4 is 35.7 Å². The molecule has 1 atom stereocenters. The van der Waals surface area contributed by atoms with Gasteiger partial charge in [0.2, 0.25) is 5.91 Å². The molecular formula is C34H44ClN7O5. The van der Waals surface area contributed by atoms with Crippen LogP contribution in [-0.4, -0.2) is 54.2 Å². The molecule has 1 amide bonds. The van der Waals surface area contributed by atoms with E-state index in [2.05, 4.69) is 34.5 Å². The normalized spacial score (nSPS) is 11.3. The lowest BCUT2D eigenvalue weighted by atomic mass is 10.0. The molecule has 5 N–H and O–H groups in total. The van der Waals surface area contributed by atoms with Crippen LogP contribution in [0.2, 0.25) is 0 Å². The second kappa shape index (κ2) is 18.2. The molecule has 0 bridgehead atoms. The molecule has 0 saturated carbocycles. The average molecular weight is 666 g/mol. The highest BCUT2D eigenvalue weighted by Gasteiger charge is 2.23. The van der Waals surface area contributed by atoms with E-state index in [1.54, 1.807) is 38.6 Å². The number of para-hydroxylation sites is 2. The molecule has 13 heteroatoms. The van der Waals surface area contributed by atoms with Gasteiger partial charge in [-0.3, -0.25) is 9.79 Å². The quantitative estimate of drug-likeness (QED) is 0.0738. The number of nitrogens with two attached hydrogens (primary N) is 2. The smallest absolute Gasteiger partial charge is 0.249 e. The predicted octanol–water partition coefficient (Wildman–Crippen LogP) is 5.62. The number of carbonyl (C=O) groups is 1. The van der Waals surface area contributed by atoms with E-state index in [4.69, 9.17) is 30.4 Å². The minimum absolute atomic E-state index is 0. The maximum absolute atomic E-state index is 13.6. The van der Waals surface area contributed by atoms with Crippen molar-refractivity contribution in [2.24, 2.45) is 22.4 Å². The minimum atomic E-state index is -0.699. The molecule has 12 nitrogen and oxygen atoms in total. The third kappa shape index (κ3) is 10.8. The third-order valence-corrected chi connectivity index (χ3v) is 7.12. The molecular weight excluding hydrogens is 622 g/mol. The van der Waals surface area contributed by atoms with Gasteiger partial charge in [-0.1, -0.05) is 55.5 Å². The minimum Gasteiger partial charge on any atom is -0.497 e. The number of carbonyl (C=O) groups excluding carboxylic acids is 1. The first-order valence-electron chi connectivity index (χ1n) is 15.2. The van der Waals surface area contributed by atoms with E-state index in [0.29, 0.717) is 60.5 Å². The van der Waals surface area contributed by atoms with Gasteiger partial charge < -0.3 is 35.7 Å². The summed E-state index contributed by atoms with van der Waals surface area (Å²) in [6, 6.07) is 20.2. The van der Waals surface area contributed by atoms with E-state index < -0.39 is 6.04 Å². The van der Waals surface area contributed by atoms with Gasteiger partial charge in [0, 0.05) is 41.6 Å². The van der Waals surface area contributed by atoms with Crippen molar-refractivity contribution in [2.45, 2.75) is 45.8 Å². The fourth-order valence-corrected chi connectivity index (χ4v) is 4.70. The molecule has 0 aliphatic rings. The summed E-state index contributed by atoms with van der Waals surface area (Å²) in [5.41, 5.74) is 13.9. The number of nitrogens with zero attached hydrogens (tertiary/aromatic N) is 4. The number of hydrogen-bond donors (Lipinski definition) is 3. The Morgan fingerprint density at radius 3 is 2.13 bits per heavy atom. The zero-order chi connectivity index (χ0) is 32.9. The van der Waals surface area contributed by atoms with Gasteiger partial charge in [0.05, 0.1) is 27.0 Å². The van der Waals surface area contributed by atoms with Crippen molar-refractivity contribution in [3.63, 3.8) is 0 Å². The van der Waals surface area contributed by atoms with E-state index in [9.17, 15) is 4.79 Å². The summed E-state index contributed by atoms with van der Waals surface area (Å²) in [6.07, 6.45) is 3.62. The molecule has 0 aliphatic carbocycles. The number of rotatable bonds is 17. The van der Waals surface area contributed by atoms with Crippen LogP contribution >= 0.6 is 12.4 Å². The van der Waals surface area contributed by atoms with E-state index in [1.807, 2.05) is 48.5 Å². The lowest BCUT2D eigenvalue weighted by molar-refractivity contribution is -0.119. The molecule has 0 fully saturated rings. The number of benzene rings is 3. The first-order valence-corrected chi connectivity index (χ1v) is 15.2. The topological polar surface area (TPSA) is 161 Å². The Balaban J connectivity index is 0.00000600. The molecule has 1 heterocycles. The van der Waals surface area contributed by atoms with Crippen molar-refractivity contribution in [2.75, 3.05) is 32.7 Å². The standard InChI is InChI=1S/C34H43N7O5.ClH/c1-23(2)15-17-45-31-13-7-5-10-28(31)29-11-6-8-14-32(29)46-22-25-21-41(40-39-25)30(12-9-16-37-34(35)36)33(42)38-24-18-26(43-3)20-27(19-24)44-4;/h5-8,10-11,13-14,18-21,23,30H,9,12,15-17,22H2,1-4H3,(H,38,42)(H4,35,36,37);1H/t30-;/m1./s1. The fraction of sp³-hybridized carbons (Fsp3) is 0.353. The summed E-state index contributed by atoms with van der Waals surface area (Å²) >= 11 is 0. The molecule has 252 valence electrons. The van der Waals surface area contributed by atoms with E-state index in [1.165, 1.54) is 4.68 Å². The molecule has 0 saturated heterocycles.